The number of hydrogen-bond acceptors (Lipinski definition) is 5. The van der Waals surface area contributed by atoms with Gasteiger partial charge in [-0.2, -0.15) is 5.10 Å². The largest absolute Gasteiger partial charge is 0.354 e. The van der Waals surface area contributed by atoms with Gasteiger partial charge in [0, 0.05) is 37.6 Å². The van der Waals surface area contributed by atoms with Gasteiger partial charge in [0.15, 0.2) is 5.65 Å². The number of hydrogen-bond donors (Lipinski definition) is 0. The number of aromatic nitrogens is 4. The van der Waals surface area contributed by atoms with E-state index in [1.807, 2.05) is 47.7 Å². The van der Waals surface area contributed by atoms with Gasteiger partial charge in [0.2, 0.25) is 5.91 Å². The second-order valence-corrected chi connectivity index (χ2v) is 9.02. The van der Waals surface area contributed by atoms with Gasteiger partial charge >= 0.3 is 0 Å². The van der Waals surface area contributed by atoms with Crippen LogP contribution in [0, 0.1) is 19.8 Å². The third-order valence-corrected chi connectivity index (χ3v) is 5.85. The molecule has 0 unspecified atom stereocenters. The summed E-state index contributed by atoms with van der Waals surface area (Å²) in [5, 5.41) is 6.41. The number of anilines is 1. The highest BCUT2D eigenvalue weighted by Crippen LogP contribution is 2.30. The number of amides is 1. The summed E-state index contributed by atoms with van der Waals surface area (Å²) in [6.07, 6.45) is 1.52. The van der Waals surface area contributed by atoms with E-state index in [-0.39, 0.29) is 5.91 Å². The lowest BCUT2D eigenvalue weighted by molar-refractivity contribution is -0.131. The lowest BCUT2D eigenvalue weighted by atomic mass is 10.1. The van der Waals surface area contributed by atoms with Crippen molar-refractivity contribution in [3.8, 4) is 5.69 Å². The van der Waals surface area contributed by atoms with Crippen molar-refractivity contribution in [1.29, 1.82) is 0 Å². The second kappa shape index (κ2) is 8.83. The summed E-state index contributed by atoms with van der Waals surface area (Å²) >= 11 is 6.06. The summed E-state index contributed by atoms with van der Waals surface area (Å²) < 4.78 is 1.86. The third kappa shape index (κ3) is 4.51. The van der Waals surface area contributed by atoms with Crippen molar-refractivity contribution in [1.82, 2.24) is 24.6 Å². The molecule has 2 aromatic heterocycles. The van der Waals surface area contributed by atoms with Crippen LogP contribution < -0.4 is 4.90 Å². The molecule has 0 saturated carbocycles. The second-order valence-electron chi connectivity index (χ2n) is 8.59. The standard InChI is InChI=1S/C23H29ClN6O/c1-15(2)14-20(31)28-10-5-11-29(13-12-28)22-21-16(3)27-30(23(21)26-17(4)25-22)19-8-6-18(24)7-9-19/h6-9,15H,5,10-14H2,1-4H3. The van der Waals surface area contributed by atoms with E-state index in [0.29, 0.717) is 29.7 Å². The van der Waals surface area contributed by atoms with Crippen molar-refractivity contribution in [2.75, 3.05) is 31.1 Å². The molecule has 31 heavy (non-hydrogen) atoms. The average Bonchev–Trinajstić information content (AvgIpc) is 2.90. The number of rotatable bonds is 4. The summed E-state index contributed by atoms with van der Waals surface area (Å²) in [5.74, 6) is 2.22. The van der Waals surface area contributed by atoms with E-state index in [2.05, 4.69) is 18.7 Å². The number of nitrogens with zero attached hydrogens (tertiary/aromatic N) is 6. The molecule has 0 bridgehead atoms. The van der Waals surface area contributed by atoms with Gasteiger partial charge in [-0.25, -0.2) is 14.6 Å². The van der Waals surface area contributed by atoms with Gasteiger partial charge in [0.1, 0.15) is 11.6 Å². The first-order valence-electron chi connectivity index (χ1n) is 10.9. The fraction of sp³-hybridized carbons (Fsp3) is 0.478. The minimum atomic E-state index is 0.243. The minimum Gasteiger partial charge on any atom is -0.354 e. The summed E-state index contributed by atoms with van der Waals surface area (Å²) in [5.41, 5.74) is 2.59. The molecule has 4 rings (SSSR count). The fourth-order valence-corrected chi connectivity index (χ4v) is 4.24. The predicted octanol–water partition coefficient (Wildman–Crippen LogP) is 4.17. The number of benzene rings is 1. The monoisotopic (exact) mass is 440 g/mol. The molecule has 1 amide bonds. The molecule has 0 atom stereocenters. The highest BCUT2D eigenvalue weighted by atomic mass is 35.5. The van der Waals surface area contributed by atoms with Crippen LogP contribution in [-0.2, 0) is 4.79 Å². The van der Waals surface area contributed by atoms with E-state index in [0.717, 1.165) is 54.3 Å². The third-order valence-electron chi connectivity index (χ3n) is 5.60. The van der Waals surface area contributed by atoms with E-state index in [9.17, 15) is 4.79 Å². The summed E-state index contributed by atoms with van der Waals surface area (Å²) in [6, 6.07) is 7.59. The zero-order valence-electron chi connectivity index (χ0n) is 18.6. The number of carbonyl (C=O) groups is 1. The molecule has 0 spiro atoms. The number of halogens is 1. The molecule has 0 aliphatic carbocycles. The van der Waals surface area contributed by atoms with Crippen LogP contribution >= 0.6 is 11.6 Å². The van der Waals surface area contributed by atoms with Crippen LogP contribution in [0.15, 0.2) is 24.3 Å². The van der Waals surface area contributed by atoms with Crippen molar-refractivity contribution in [3.63, 3.8) is 0 Å². The highest BCUT2D eigenvalue weighted by Gasteiger charge is 2.24. The first-order chi connectivity index (χ1) is 14.8. The van der Waals surface area contributed by atoms with E-state index < -0.39 is 0 Å². The highest BCUT2D eigenvalue weighted by molar-refractivity contribution is 6.30. The molecule has 1 aromatic carbocycles. The summed E-state index contributed by atoms with van der Waals surface area (Å²) in [7, 11) is 0. The normalized spacial score (nSPS) is 15.0. The van der Waals surface area contributed by atoms with Crippen LogP contribution in [0.1, 0.15) is 38.2 Å². The van der Waals surface area contributed by atoms with Gasteiger partial charge in [0.25, 0.3) is 0 Å². The maximum atomic E-state index is 12.6. The zero-order chi connectivity index (χ0) is 22.1. The van der Waals surface area contributed by atoms with E-state index in [4.69, 9.17) is 26.7 Å². The van der Waals surface area contributed by atoms with Crippen LogP contribution in [0.5, 0.6) is 0 Å². The molecule has 7 nitrogen and oxygen atoms in total. The molecule has 8 heteroatoms. The Hall–Kier alpha value is -2.67. The van der Waals surface area contributed by atoms with Crippen molar-refractivity contribution in [3.05, 3.63) is 40.8 Å². The van der Waals surface area contributed by atoms with Crippen LogP contribution in [0.2, 0.25) is 5.02 Å². The average molecular weight is 441 g/mol. The summed E-state index contributed by atoms with van der Waals surface area (Å²) in [4.78, 5) is 26.4. The molecular weight excluding hydrogens is 412 g/mol. The Labute approximate surface area is 188 Å². The van der Waals surface area contributed by atoms with Crippen molar-refractivity contribution in [2.24, 2.45) is 5.92 Å². The molecular formula is C23H29ClN6O. The predicted molar refractivity (Wildman–Crippen MR) is 124 cm³/mol. The van der Waals surface area contributed by atoms with Crippen LogP contribution in [0.4, 0.5) is 5.82 Å². The lowest BCUT2D eigenvalue weighted by Crippen LogP contribution is -2.36. The number of carbonyl (C=O) groups excluding carboxylic acids is 1. The molecule has 0 radical (unpaired) electrons. The van der Waals surface area contributed by atoms with Gasteiger partial charge in [-0.15, -0.1) is 0 Å². The molecule has 164 valence electrons. The topological polar surface area (TPSA) is 67.2 Å². The molecule has 0 N–H and O–H groups in total. The Balaban J connectivity index is 1.68. The first kappa shape index (κ1) is 21.6. The van der Waals surface area contributed by atoms with Gasteiger partial charge in [-0.3, -0.25) is 4.79 Å². The SMILES string of the molecule is Cc1nc(N2CCCN(C(=O)CC(C)C)CC2)c2c(C)nn(-c3ccc(Cl)cc3)c2n1. The Morgan fingerprint density at radius 1 is 1.06 bits per heavy atom. The molecule has 1 aliphatic rings. The number of aryl methyl sites for hydroxylation is 2. The lowest BCUT2D eigenvalue weighted by Gasteiger charge is -2.24. The van der Waals surface area contributed by atoms with Crippen LogP contribution in [0.25, 0.3) is 16.7 Å². The molecule has 1 saturated heterocycles. The Kier molecular flexibility index (Phi) is 6.14. The maximum absolute atomic E-state index is 12.6. The quantitative estimate of drug-likeness (QED) is 0.609. The Morgan fingerprint density at radius 3 is 2.52 bits per heavy atom. The molecule has 3 heterocycles. The van der Waals surface area contributed by atoms with Gasteiger partial charge in [0.05, 0.1) is 16.8 Å². The van der Waals surface area contributed by atoms with Crippen molar-refractivity contribution < 1.29 is 4.79 Å². The van der Waals surface area contributed by atoms with Crippen LogP contribution in [0.3, 0.4) is 0 Å². The van der Waals surface area contributed by atoms with E-state index in [1.165, 1.54) is 0 Å². The minimum absolute atomic E-state index is 0.243. The van der Waals surface area contributed by atoms with Gasteiger partial charge < -0.3 is 9.80 Å². The Morgan fingerprint density at radius 2 is 1.81 bits per heavy atom. The van der Waals surface area contributed by atoms with Gasteiger partial charge in [-0.1, -0.05) is 25.4 Å². The van der Waals surface area contributed by atoms with E-state index >= 15 is 0 Å². The number of fused-ring (bicyclic) bond motifs is 1. The summed E-state index contributed by atoms with van der Waals surface area (Å²) in [6.45, 7) is 11.2. The smallest absolute Gasteiger partial charge is 0.222 e. The van der Waals surface area contributed by atoms with Gasteiger partial charge in [-0.05, 0) is 50.5 Å². The molecule has 1 aliphatic heterocycles. The molecule has 3 aromatic rings. The first-order valence-corrected chi connectivity index (χ1v) is 11.2. The molecule has 1 fully saturated rings. The van der Waals surface area contributed by atoms with Crippen molar-refractivity contribution in [2.45, 2.75) is 40.5 Å². The van der Waals surface area contributed by atoms with E-state index in [1.54, 1.807) is 0 Å². The van der Waals surface area contributed by atoms with Crippen molar-refractivity contribution >= 4 is 34.4 Å². The Bertz CT molecular complexity index is 1090. The maximum Gasteiger partial charge on any atom is 0.222 e. The fourth-order valence-electron chi connectivity index (χ4n) is 4.12. The van der Waals surface area contributed by atoms with Crippen LogP contribution in [-0.4, -0.2) is 56.7 Å². The zero-order valence-corrected chi connectivity index (χ0v) is 19.4.